The van der Waals surface area contributed by atoms with Crippen LogP contribution in [-0.2, 0) is 11.0 Å². The quantitative estimate of drug-likeness (QED) is 0.211. The summed E-state index contributed by atoms with van der Waals surface area (Å²) in [7, 11) is 0. The van der Waals surface area contributed by atoms with Crippen molar-refractivity contribution in [3.63, 3.8) is 0 Å². The van der Waals surface area contributed by atoms with Crippen LogP contribution in [0.2, 0.25) is 5.02 Å². The zero-order valence-corrected chi connectivity index (χ0v) is 23.7. The molecule has 1 N–H and O–H groups in total. The third kappa shape index (κ3) is 4.00. The van der Waals surface area contributed by atoms with Gasteiger partial charge in [0.2, 0.25) is 11.0 Å². The molecule has 3 aromatic carbocycles. The highest BCUT2D eigenvalue weighted by molar-refractivity contribution is 9.10. The van der Waals surface area contributed by atoms with E-state index in [-0.39, 0.29) is 16.8 Å². The van der Waals surface area contributed by atoms with Crippen molar-refractivity contribution in [2.45, 2.75) is 38.1 Å². The molecule has 1 atom stereocenters. The van der Waals surface area contributed by atoms with E-state index in [4.69, 9.17) is 11.6 Å². The van der Waals surface area contributed by atoms with E-state index >= 15 is 0 Å². The molecule has 0 spiro atoms. The molecule has 1 aliphatic heterocycles. The van der Waals surface area contributed by atoms with Gasteiger partial charge >= 0.3 is 0 Å². The van der Waals surface area contributed by atoms with Crippen LogP contribution in [0, 0.1) is 0 Å². The normalized spacial score (nSPS) is 18.6. The van der Waals surface area contributed by atoms with Crippen LogP contribution >= 0.6 is 38.9 Å². The maximum absolute atomic E-state index is 11.5. The van der Waals surface area contributed by atoms with Gasteiger partial charge in [0.15, 0.2) is 5.69 Å². The molecule has 5 aromatic rings. The number of aromatic nitrogens is 2. The molecule has 5 nitrogen and oxygen atoms in total. The average Bonchev–Trinajstić information content (AvgIpc) is 3.44. The van der Waals surface area contributed by atoms with Crippen molar-refractivity contribution >= 4 is 60.6 Å². The fourth-order valence-electron chi connectivity index (χ4n) is 5.75. The van der Waals surface area contributed by atoms with Gasteiger partial charge in [0.1, 0.15) is 0 Å². The highest BCUT2D eigenvalue weighted by Crippen LogP contribution is 2.55. The number of nitrogens with zero attached hydrogens (tertiary/aromatic N) is 4. The first-order chi connectivity index (χ1) is 17.7. The largest absolute Gasteiger partial charge is 0.493 e. The Morgan fingerprint density at radius 1 is 1.03 bits per heavy atom. The van der Waals surface area contributed by atoms with E-state index in [1.807, 2.05) is 46.3 Å². The number of benzene rings is 3. The predicted octanol–water partition coefficient (Wildman–Crippen LogP) is 9.75. The molecular formula is C29H24BrClN4OS. The molecule has 8 heteroatoms. The van der Waals surface area contributed by atoms with Gasteiger partial charge in [-0.25, -0.2) is 4.98 Å². The van der Waals surface area contributed by atoms with Crippen molar-refractivity contribution in [1.29, 1.82) is 0 Å². The number of hydrogen-bond acceptors (Lipinski definition) is 5. The minimum Gasteiger partial charge on any atom is -0.493 e. The summed E-state index contributed by atoms with van der Waals surface area (Å²) in [5.41, 5.74) is 4.93. The summed E-state index contributed by atoms with van der Waals surface area (Å²) in [6, 6.07) is 22.3. The van der Waals surface area contributed by atoms with Gasteiger partial charge in [-0.15, -0.1) is 21.6 Å². The van der Waals surface area contributed by atoms with Gasteiger partial charge in [-0.3, -0.25) is 0 Å². The van der Waals surface area contributed by atoms with E-state index in [0.717, 1.165) is 38.6 Å². The summed E-state index contributed by atoms with van der Waals surface area (Å²) >= 11 is 11.3. The van der Waals surface area contributed by atoms with Crippen molar-refractivity contribution in [2.75, 3.05) is 0 Å². The van der Waals surface area contributed by atoms with Gasteiger partial charge in [-0.05, 0) is 55.7 Å². The molecule has 0 amide bonds. The summed E-state index contributed by atoms with van der Waals surface area (Å²) in [4.78, 5) is 4.61. The molecular weight excluding hydrogens is 568 g/mol. The summed E-state index contributed by atoms with van der Waals surface area (Å²) in [5.74, 6) is 0.116. The number of rotatable bonds is 4. The molecule has 2 aromatic heterocycles. The third-order valence-corrected chi connectivity index (χ3v) is 8.64. The van der Waals surface area contributed by atoms with Crippen LogP contribution in [0.4, 0.5) is 10.8 Å². The molecule has 186 valence electrons. The minimum absolute atomic E-state index is 0.116. The maximum Gasteiger partial charge on any atom is 0.230 e. The van der Waals surface area contributed by atoms with E-state index in [2.05, 4.69) is 82.2 Å². The lowest BCUT2D eigenvalue weighted by Crippen LogP contribution is -2.41. The average molecular weight is 592 g/mol. The Hall–Kier alpha value is -3.00. The molecule has 0 aliphatic carbocycles. The van der Waals surface area contributed by atoms with E-state index in [1.54, 1.807) is 0 Å². The zero-order chi connectivity index (χ0) is 25.9. The van der Waals surface area contributed by atoms with Crippen LogP contribution in [0.5, 0.6) is 5.88 Å². The summed E-state index contributed by atoms with van der Waals surface area (Å²) in [6.07, 6.45) is 0.816. The van der Waals surface area contributed by atoms with Crippen molar-refractivity contribution in [3.8, 4) is 17.1 Å². The van der Waals surface area contributed by atoms with E-state index < -0.39 is 0 Å². The number of aromatic hydroxyl groups is 1. The Morgan fingerprint density at radius 2 is 1.81 bits per heavy atom. The number of azo groups is 1. The minimum atomic E-state index is -0.359. The van der Waals surface area contributed by atoms with Gasteiger partial charge < -0.3 is 9.67 Å². The van der Waals surface area contributed by atoms with Crippen molar-refractivity contribution in [1.82, 2.24) is 9.55 Å². The molecule has 0 fully saturated rings. The predicted molar refractivity (Wildman–Crippen MR) is 155 cm³/mol. The smallest absolute Gasteiger partial charge is 0.230 e. The van der Waals surface area contributed by atoms with Crippen LogP contribution in [0.25, 0.3) is 22.2 Å². The Balaban J connectivity index is 1.50. The lowest BCUT2D eigenvalue weighted by Gasteiger charge is -2.45. The SMILES string of the molecule is CC1(c2ccccc2)CC(C)(C)n2c(O)c(N=Nc3nc(-c4cccc(Cl)c4)cs3)c3cc(Br)cc1c32. The van der Waals surface area contributed by atoms with Crippen molar-refractivity contribution in [2.24, 2.45) is 10.2 Å². The monoisotopic (exact) mass is 590 g/mol. The zero-order valence-electron chi connectivity index (χ0n) is 20.5. The number of thiazole rings is 1. The maximum atomic E-state index is 11.5. The molecule has 37 heavy (non-hydrogen) atoms. The van der Waals surface area contributed by atoms with E-state index in [9.17, 15) is 5.11 Å². The lowest BCUT2D eigenvalue weighted by molar-refractivity contribution is 0.236. The Kier molecular flexibility index (Phi) is 5.78. The second-order valence-corrected chi connectivity index (χ2v) is 12.5. The first-order valence-electron chi connectivity index (χ1n) is 11.9. The molecule has 0 bridgehead atoms. The summed E-state index contributed by atoms with van der Waals surface area (Å²) in [5, 5.41) is 24.4. The fourth-order valence-corrected chi connectivity index (χ4v) is 7.04. The fraction of sp³-hybridized carbons (Fsp3) is 0.207. The Bertz CT molecular complexity index is 1690. The Labute approximate surface area is 232 Å². The van der Waals surface area contributed by atoms with Crippen LogP contribution in [0.3, 0.4) is 0 Å². The first kappa shape index (κ1) is 24.3. The standard InChI is InChI=1S/C29H24BrClN4OS/c1-28(2)16-29(3,18-9-5-4-6-10-18)22-14-19(30)13-21-24(26(36)35(28)25(21)22)33-34-27-32-23(15-37-27)17-8-7-11-20(31)12-17/h4-15,36H,16H2,1-3H3. The molecule has 3 heterocycles. The third-order valence-electron chi connectivity index (χ3n) is 7.22. The topological polar surface area (TPSA) is 62.8 Å². The second kappa shape index (κ2) is 8.79. The van der Waals surface area contributed by atoms with E-state index in [0.29, 0.717) is 15.8 Å². The highest BCUT2D eigenvalue weighted by Gasteiger charge is 2.45. The van der Waals surface area contributed by atoms with Gasteiger partial charge in [0.25, 0.3) is 0 Å². The van der Waals surface area contributed by atoms with Gasteiger partial charge in [-0.1, -0.05) is 76.9 Å². The van der Waals surface area contributed by atoms with Crippen LogP contribution in [0.1, 0.15) is 38.3 Å². The first-order valence-corrected chi connectivity index (χ1v) is 14.0. The molecule has 0 radical (unpaired) electrons. The van der Waals surface area contributed by atoms with Crippen LogP contribution in [-0.4, -0.2) is 14.7 Å². The van der Waals surface area contributed by atoms with Crippen LogP contribution in [0.15, 0.2) is 86.8 Å². The second-order valence-electron chi connectivity index (χ2n) is 10.3. The Morgan fingerprint density at radius 3 is 2.57 bits per heavy atom. The molecule has 0 saturated carbocycles. The molecule has 6 rings (SSSR count). The molecule has 0 saturated heterocycles. The van der Waals surface area contributed by atoms with E-state index in [1.165, 1.54) is 16.9 Å². The van der Waals surface area contributed by atoms with Crippen molar-refractivity contribution < 1.29 is 5.11 Å². The lowest BCUT2D eigenvalue weighted by atomic mass is 9.66. The van der Waals surface area contributed by atoms with Gasteiger partial charge in [0, 0.05) is 36.8 Å². The molecule has 1 aliphatic rings. The van der Waals surface area contributed by atoms with Crippen LogP contribution < -0.4 is 0 Å². The summed E-state index contributed by atoms with van der Waals surface area (Å²) < 4.78 is 2.95. The van der Waals surface area contributed by atoms with Gasteiger partial charge in [0.05, 0.1) is 11.2 Å². The number of hydrogen-bond donors (Lipinski definition) is 1. The van der Waals surface area contributed by atoms with Crippen molar-refractivity contribution in [3.05, 3.63) is 92.7 Å². The van der Waals surface area contributed by atoms with Gasteiger partial charge in [-0.2, -0.15) is 0 Å². The highest BCUT2D eigenvalue weighted by atomic mass is 79.9. The molecule has 1 unspecified atom stereocenters. The number of halogens is 2. The summed E-state index contributed by atoms with van der Waals surface area (Å²) in [6.45, 7) is 6.61.